The smallest absolute Gasteiger partial charge is 0.407 e. The number of alkyl carbamates (subject to hydrolysis) is 1. The van der Waals surface area contributed by atoms with Crippen molar-refractivity contribution >= 4 is 81.5 Å². The number of fused-ring (bicyclic) bond motifs is 1. The zero-order valence-electron chi connectivity index (χ0n) is 25.7. The van der Waals surface area contributed by atoms with E-state index in [9.17, 15) is 34.1 Å². The zero-order chi connectivity index (χ0) is 35.0. The van der Waals surface area contributed by atoms with Gasteiger partial charge >= 0.3 is 12.1 Å². The molecule has 2 aliphatic heterocycles. The summed E-state index contributed by atoms with van der Waals surface area (Å²) in [5, 5.41) is 23.4. The number of amides is 4. The van der Waals surface area contributed by atoms with Gasteiger partial charge in [0.25, 0.3) is 17.5 Å². The number of nitrogens with one attached hydrogen (secondary N) is 3. The van der Waals surface area contributed by atoms with Crippen molar-refractivity contribution in [1.29, 1.82) is 0 Å². The van der Waals surface area contributed by atoms with Crippen molar-refractivity contribution in [2.75, 3.05) is 24.2 Å². The van der Waals surface area contributed by atoms with Crippen molar-refractivity contribution < 1.29 is 43.2 Å². The summed E-state index contributed by atoms with van der Waals surface area (Å²) < 4.78 is 10.5. The highest BCUT2D eigenvalue weighted by molar-refractivity contribution is 8.00. The lowest BCUT2D eigenvalue weighted by atomic mass is 10.0. The average molecular weight is 724 g/mol. The van der Waals surface area contributed by atoms with Crippen LogP contribution in [0.1, 0.15) is 38.4 Å². The number of halogens is 1. The normalized spacial score (nSPS) is 17.5. The van der Waals surface area contributed by atoms with Gasteiger partial charge in [-0.3, -0.25) is 29.4 Å². The number of nitro groups is 1. The van der Waals surface area contributed by atoms with Crippen molar-refractivity contribution in [3.8, 4) is 0 Å². The first-order chi connectivity index (χ1) is 22.8. The Balaban J connectivity index is 1.38. The first-order valence-corrected chi connectivity index (χ1v) is 16.5. The number of nitro benzene ring substituents is 1. The van der Waals surface area contributed by atoms with E-state index in [1.165, 1.54) is 41.4 Å². The number of β-lactam (4-membered cyclic amide) rings is 1. The molecular weight excluding hydrogens is 694 g/mol. The molecule has 0 bridgehead atoms. The second-order valence-electron chi connectivity index (χ2n) is 11.0. The molecule has 1 aromatic carbocycles. The Morgan fingerprint density at radius 1 is 1.25 bits per heavy atom. The van der Waals surface area contributed by atoms with Gasteiger partial charge in [-0.05, 0) is 38.5 Å². The molecule has 256 valence electrons. The van der Waals surface area contributed by atoms with Crippen molar-refractivity contribution in [3.05, 3.63) is 61.7 Å². The average Bonchev–Trinajstić information content (AvgIpc) is 3.49. The number of esters is 1. The van der Waals surface area contributed by atoms with Crippen LogP contribution in [0.25, 0.3) is 0 Å². The third-order valence-electron chi connectivity index (χ3n) is 6.30. The number of hydrogen-bond acceptors (Lipinski definition) is 14. The summed E-state index contributed by atoms with van der Waals surface area (Å²) in [6.07, 6.45) is 0.140. The number of ether oxygens (including phenoxy) is 2. The van der Waals surface area contributed by atoms with Crippen molar-refractivity contribution in [1.82, 2.24) is 20.5 Å². The van der Waals surface area contributed by atoms with Gasteiger partial charge < -0.3 is 30.3 Å². The number of non-ortho nitro benzene ring substituents is 1. The van der Waals surface area contributed by atoms with E-state index in [1.54, 1.807) is 20.8 Å². The molecule has 4 amide bonds. The maximum Gasteiger partial charge on any atom is 0.407 e. The number of nitrogens with zero attached hydrogens (tertiary/aromatic N) is 4. The van der Waals surface area contributed by atoms with Gasteiger partial charge in [0, 0.05) is 36.2 Å². The first kappa shape index (κ1) is 36.1. The number of aromatic nitrogens is 1. The summed E-state index contributed by atoms with van der Waals surface area (Å²) in [6, 6.07) is 4.34. The number of carbonyl (C=O) groups excluding carboxylic acids is 5. The van der Waals surface area contributed by atoms with Crippen LogP contribution in [-0.2, 0) is 40.1 Å². The lowest BCUT2D eigenvalue weighted by Crippen LogP contribution is -2.71. The third kappa shape index (κ3) is 9.20. The molecule has 20 heteroatoms. The molecule has 1 saturated heterocycles. The number of benzene rings is 1. The third-order valence-corrected chi connectivity index (χ3v) is 8.82. The van der Waals surface area contributed by atoms with Gasteiger partial charge in [0.05, 0.1) is 9.96 Å². The fourth-order valence-corrected chi connectivity index (χ4v) is 6.37. The Kier molecular flexibility index (Phi) is 12.0. The molecule has 0 radical (unpaired) electrons. The van der Waals surface area contributed by atoms with Crippen LogP contribution in [0.3, 0.4) is 0 Å². The number of anilines is 1. The van der Waals surface area contributed by atoms with Crippen LogP contribution in [0.2, 0.25) is 0 Å². The van der Waals surface area contributed by atoms with E-state index in [1.807, 2.05) is 0 Å². The van der Waals surface area contributed by atoms with E-state index in [0.29, 0.717) is 18.4 Å². The van der Waals surface area contributed by atoms with Crippen LogP contribution in [-0.4, -0.2) is 86.7 Å². The van der Waals surface area contributed by atoms with Crippen molar-refractivity contribution in [2.24, 2.45) is 5.16 Å². The summed E-state index contributed by atoms with van der Waals surface area (Å²) >= 11 is 8.57. The predicted molar refractivity (Wildman–Crippen MR) is 174 cm³/mol. The van der Waals surface area contributed by atoms with E-state index in [-0.39, 0.29) is 58.5 Å². The lowest BCUT2D eigenvalue weighted by Gasteiger charge is -2.49. The number of oxime groups is 1. The van der Waals surface area contributed by atoms with Gasteiger partial charge in [-0.15, -0.1) is 23.1 Å². The zero-order valence-corrected chi connectivity index (χ0v) is 28.1. The van der Waals surface area contributed by atoms with Gasteiger partial charge in [-0.25, -0.2) is 14.6 Å². The molecule has 2 aromatic rings. The van der Waals surface area contributed by atoms with Crippen LogP contribution >= 0.6 is 34.7 Å². The fourth-order valence-electron chi connectivity index (χ4n) is 4.17. The summed E-state index contributed by atoms with van der Waals surface area (Å²) in [4.78, 5) is 83.3. The summed E-state index contributed by atoms with van der Waals surface area (Å²) in [5.41, 5.74) is -0.686. The van der Waals surface area contributed by atoms with E-state index in [4.69, 9.17) is 25.9 Å². The van der Waals surface area contributed by atoms with Gasteiger partial charge in [0.1, 0.15) is 41.6 Å². The highest BCUT2D eigenvalue weighted by Gasteiger charge is 2.54. The minimum atomic E-state index is -1.07. The lowest BCUT2D eigenvalue weighted by molar-refractivity contribution is -0.384. The largest absolute Gasteiger partial charge is 0.456 e. The standard InChI is InChI=1S/C28H30ClN7O10S2/c1-28(2,3)46-27(41)30-9-4-10-45-34-19(18-13-48-26(32-18)31-14-37)22(38)33-20-23(39)35-21(17(29)12-47-24(20)35)25(40)44-11-15-5-7-16(8-6-15)36(42)43/h5-8,13-14,20,24H,4,9-12H2,1-3H3,(H,30,41)(H,33,38)(H,31,32,37)/t20?,24-/m0/s1. The molecule has 1 aromatic heterocycles. The van der Waals surface area contributed by atoms with Gasteiger partial charge in [0.2, 0.25) is 6.41 Å². The second kappa shape index (κ2) is 15.9. The summed E-state index contributed by atoms with van der Waals surface area (Å²) in [5.74, 6) is -2.17. The quantitative estimate of drug-likeness (QED) is 0.0487. The van der Waals surface area contributed by atoms with Crippen LogP contribution in [0.15, 0.2) is 45.5 Å². The maximum absolute atomic E-state index is 13.4. The molecule has 0 spiro atoms. The molecule has 0 saturated carbocycles. The van der Waals surface area contributed by atoms with Crippen molar-refractivity contribution in [3.63, 3.8) is 0 Å². The minimum Gasteiger partial charge on any atom is -0.456 e. The first-order valence-electron chi connectivity index (χ1n) is 14.2. The van der Waals surface area contributed by atoms with E-state index >= 15 is 0 Å². The molecule has 48 heavy (non-hydrogen) atoms. The molecule has 2 aliphatic rings. The van der Waals surface area contributed by atoms with E-state index in [0.717, 1.165) is 16.2 Å². The molecule has 2 atom stereocenters. The molecular formula is C28H30ClN7O10S2. The van der Waals surface area contributed by atoms with Gasteiger partial charge in [-0.1, -0.05) is 16.8 Å². The molecule has 3 heterocycles. The van der Waals surface area contributed by atoms with Crippen molar-refractivity contribution in [2.45, 2.75) is 50.8 Å². The topological polar surface area (TPSA) is 221 Å². The Morgan fingerprint density at radius 3 is 2.65 bits per heavy atom. The number of hydrogen-bond donors (Lipinski definition) is 3. The molecule has 17 nitrogen and oxygen atoms in total. The number of thioether (sulfide) groups is 1. The Hall–Kier alpha value is -4.75. The molecule has 3 N–H and O–H groups in total. The summed E-state index contributed by atoms with van der Waals surface area (Å²) in [6.45, 7) is 5.18. The predicted octanol–water partition coefficient (Wildman–Crippen LogP) is 2.85. The Bertz CT molecular complexity index is 1640. The Morgan fingerprint density at radius 2 is 1.98 bits per heavy atom. The Labute approximate surface area is 286 Å². The van der Waals surface area contributed by atoms with Crippen LogP contribution in [0, 0.1) is 10.1 Å². The monoisotopic (exact) mass is 723 g/mol. The van der Waals surface area contributed by atoms with Crippen LogP contribution in [0.5, 0.6) is 0 Å². The number of carbonyl (C=O) groups is 5. The molecule has 1 fully saturated rings. The second-order valence-corrected chi connectivity index (χ2v) is 13.4. The SMILES string of the molecule is CC(C)(C)OC(=O)NCCCON=C(C(=O)NC1C(=O)N2C(C(=O)OCc3ccc([N+](=O)[O-])cc3)=C(Cl)CS[C@@H]12)c1csc(NC=O)n1. The molecule has 0 aliphatic carbocycles. The van der Waals surface area contributed by atoms with Gasteiger partial charge in [0.15, 0.2) is 10.8 Å². The molecule has 1 unspecified atom stereocenters. The van der Waals surface area contributed by atoms with Crippen LogP contribution < -0.4 is 16.0 Å². The van der Waals surface area contributed by atoms with E-state index < -0.39 is 45.8 Å². The van der Waals surface area contributed by atoms with E-state index in [2.05, 4.69) is 26.1 Å². The highest BCUT2D eigenvalue weighted by atomic mass is 35.5. The summed E-state index contributed by atoms with van der Waals surface area (Å²) in [7, 11) is 0. The highest BCUT2D eigenvalue weighted by Crippen LogP contribution is 2.41. The van der Waals surface area contributed by atoms with Crippen LogP contribution in [0.4, 0.5) is 15.6 Å². The fraction of sp³-hybridized carbons (Fsp3) is 0.393. The number of rotatable bonds is 14. The minimum absolute atomic E-state index is 0.000582. The van der Waals surface area contributed by atoms with Gasteiger partial charge in [-0.2, -0.15) is 0 Å². The maximum atomic E-state index is 13.4. The number of thiazole rings is 1. The molecule has 4 rings (SSSR count).